The van der Waals surface area contributed by atoms with Crippen molar-refractivity contribution in [1.29, 1.82) is 0 Å². The van der Waals surface area contributed by atoms with Gasteiger partial charge >= 0.3 is 0 Å². The van der Waals surface area contributed by atoms with Crippen LogP contribution < -0.4 is 0 Å². The van der Waals surface area contributed by atoms with E-state index in [0.29, 0.717) is 5.69 Å². The predicted octanol–water partition coefficient (Wildman–Crippen LogP) is 2.50. The first-order valence-electron chi connectivity index (χ1n) is 9.18. The van der Waals surface area contributed by atoms with Gasteiger partial charge in [0.15, 0.2) is 0 Å². The van der Waals surface area contributed by atoms with Crippen molar-refractivity contribution in [3.63, 3.8) is 0 Å². The minimum Gasteiger partial charge on any atom is -0.396 e. The van der Waals surface area contributed by atoms with E-state index in [1.54, 1.807) is 10.7 Å². The molecule has 2 aliphatic rings. The number of carbonyl (C=O) groups is 1. The van der Waals surface area contributed by atoms with Crippen molar-refractivity contribution in [3.05, 3.63) is 53.9 Å². The molecule has 1 aromatic heterocycles. The number of rotatable bonds is 5. The summed E-state index contributed by atoms with van der Waals surface area (Å²) in [6, 6.07) is 12.4. The lowest BCUT2D eigenvalue weighted by Crippen LogP contribution is -2.44. The van der Waals surface area contributed by atoms with Gasteiger partial charge in [0, 0.05) is 30.2 Å². The van der Waals surface area contributed by atoms with Gasteiger partial charge in [-0.2, -0.15) is 5.10 Å². The molecule has 0 aliphatic carbocycles. The van der Waals surface area contributed by atoms with Crippen molar-refractivity contribution in [1.82, 2.24) is 14.7 Å². The molecule has 0 unspecified atom stereocenters. The van der Waals surface area contributed by atoms with Crippen LogP contribution in [-0.2, 0) is 13.0 Å². The molecule has 0 radical (unpaired) electrons. The maximum atomic E-state index is 13.1. The fraction of sp³-hybridized carbons (Fsp3) is 0.500. The number of amides is 1. The molecule has 5 nitrogen and oxygen atoms in total. The Kier molecular flexibility index (Phi) is 4.12. The molecule has 2 aliphatic heterocycles. The molecule has 2 saturated heterocycles. The van der Waals surface area contributed by atoms with Crippen LogP contribution >= 0.6 is 0 Å². The Hall–Kier alpha value is -2.14. The zero-order valence-corrected chi connectivity index (χ0v) is 14.6. The molecule has 2 fully saturated rings. The molecular weight excluding hydrogens is 314 g/mol. The third kappa shape index (κ3) is 2.67. The van der Waals surface area contributed by atoms with E-state index in [2.05, 4.69) is 17.2 Å². The predicted molar refractivity (Wildman–Crippen MR) is 95.2 cm³/mol. The zero-order chi connectivity index (χ0) is 17.4. The quantitative estimate of drug-likeness (QED) is 0.910. The van der Waals surface area contributed by atoms with E-state index in [4.69, 9.17) is 0 Å². The van der Waals surface area contributed by atoms with Crippen molar-refractivity contribution < 1.29 is 9.90 Å². The second kappa shape index (κ2) is 6.30. The maximum absolute atomic E-state index is 13.1. The number of hydrogen-bond donors (Lipinski definition) is 1. The lowest BCUT2D eigenvalue weighted by atomic mass is 9.70. The van der Waals surface area contributed by atoms with Gasteiger partial charge in [0.05, 0.1) is 6.61 Å². The van der Waals surface area contributed by atoms with Crippen LogP contribution in [-0.4, -0.2) is 44.4 Å². The molecule has 4 rings (SSSR count). The molecule has 1 N–H and O–H groups in total. The number of carbonyl (C=O) groups excluding carboxylic acids is 1. The van der Waals surface area contributed by atoms with Crippen LogP contribution in [0.1, 0.15) is 42.2 Å². The number of aryl methyl sites for hydroxylation is 1. The topological polar surface area (TPSA) is 58.4 Å². The Morgan fingerprint density at radius 1 is 1.28 bits per heavy atom. The van der Waals surface area contributed by atoms with Crippen LogP contribution in [0.5, 0.6) is 0 Å². The molecule has 0 saturated carbocycles. The molecule has 2 aromatic rings. The summed E-state index contributed by atoms with van der Waals surface area (Å²) in [5.41, 5.74) is 1.52. The molecule has 5 heteroatoms. The van der Waals surface area contributed by atoms with Crippen LogP contribution in [0.3, 0.4) is 0 Å². The molecule has 1 aromatic carbocycles. The van der Waals surface area contributed by atoms with Gasteiger partial charge in [-0.25, -0.2) is 0 Å². The average molecular weight is 339 g/mol. The van der Waals surface area contributed by atoms with Gasteiger partial charge < -0.3 is 10.0 Å². The van der Waals surface area contributed by atoms with Gasteiger partial charge in [-0.15, -0.1) is 0 Å². The average Bonchev–Trinajstić information content (AvgIpc) is 3.35. The largest absolute Gasteiger partial charge is 0.396 e. The first kappa shape index (κ1) is 16.3. The number of aliphatic hydroxyl groups is 1. The van der Waals surface area contributed by atoms with Crippen molar-refractivity contribution in [3.8, 4) is 0 Å². The lowest BCUT2D eigenvalue weighted by Gasteiger charge is -2.36. The Bertz CT molecular complexity index is 757. The number of nitrogens with zero attached hydrogens (tertiary/aromatic N) is 3. The van der Waals surface area contributed by atoms with Gasteiger partial charge in [0.2, 0.25) is 0 Å². The summed E-state index contributed by atoms with van der Waals surface area (Å²) in [4.78, 5) is 15.1. The Labute approximate surface area is 148 Å². The molecule has 2 bridgehead atoms. The number of hydrogen-bond acceptors (Lipinski definition) is 3. The highest BCUT2D eigenvalue weighted by molar-refractivity contribution is 5.93. The SMILES string of the molecule is CCn1ccc(C(=O)N2[C@@H]3CC[C@H]2[C@](CO)(Cc2ccccc2)C3)n1. The number of aromatic nitrogens is 2. The van der Waals surface area contributed by atoms with Crippen molar-refractivity contribution in [2.45, 2.75) is 51.2 Å². The highest BCUT2D eigenvalue weighted by Gasteiger charge is 2.57. The summed E-state index contributed by atoms with van der Waals surface area (Å²) in [5.74, 6) is 0.0167. The number of benzene rings is 1. The van der Waals surface area contributed by atoms with E-state index in [-0.39, 0.29) is 30.0 Å². The van der Waals surface area contributed by atoms with Crippen LogP contribution in [0.4, 0.5) is 0 Å². The fourth-order valence-electron chi connectivity index (χ4n) is 4.80. The Balaban J connectivity index is 1.60. The highest BCUT2D eigenvalue weighted by atomic mass is 16.3. The molecule has 0 spiro atoms. The Morgan fingerprint density at radius 3 is 2.76 bits per heavy atom. The third-order valence-corrected chi connectivity index (χ3v) is 5.98. The fourth-order valence-corrected chi connectivity index (χ4v) is 4.80. The van der Waals surface area contributed by atoms with Crippen LogP contribution in [0.25, 0.3) is 0 Å². The summed E-state index contributed by atoms with van der Waals surface area (Å²) in [6.45, 7) is 2.89. The van der Waals surface area contributed by atoms with Gasteiger partial charge in [0.1, 0.15) is 5.69 Å². The number of aliphatic hydroxyl groups excluding tert-OH is 1. The van der Waals surface area contributed by atoms with Gasteiger partial charge in [-0.1, -0.05) is 30.3 Å². The lowest BCUT2D eigenvalue weighted by molar-refractivity contribution is 0.0566. The Morgan fingerprint density at radius 2 is 2.08 bits per heavy atom. The van der Waals surface area contributed by atoms with E-state index in [0.717, 1.165) is 32.2 Å². The summed E-state index contributed by atoms with van der Waals surface area (Å²) in [6.07, 6.45) is 5.55. The first-order valence-corrected chi connectivity index (χ1v) is 9.18. The zero-order valence-electron chi connectivity index (χ0n) is 14.6. The molecule has 1 amide bonds. The summed E-state index contributed by atoms with van der Waals surface area (Å²) >= 11 is 0. The summed E-state index contributed by atoms with van der Waals surface area (Å²) < 4.78 is 1.79. The van der Waals surface area contributed by atoms with E-state index in [1.165, 1.54) is 5.56 Å². The highest BCUT2D eigenvalue weighted by Crippen LogP contribution is 2.51. The van der Waals surface area contributed by atoms with Gasteiger partial charge in [-0.05, 0) is 44.2 Å². The smallest absolute Gasteiger partial charge is 0.274 e. The van der Waals surface area contributed by atoms with Gasteiger partial charge in [0.25, 0.3) is 5.91 Å². The molecule has 25 heavy (non-hydrogen) atoms. The van der Waals surface area contributed by atoms with Crippen LogP contribution in [0.15, 0.2) is 42.6 Å². The molecule has 3 atom stereocenters. The minimum atomic E-state index is -0.229. The van der Waals surface area contributed by atoms with E-state index < -0.39 is 0 Å². The van der Waals surface area contributed by atoms with Gasteiger partial charge in [-0.3, -0.25) is 9.48 Å². The van der Waals surface area contributed by atoms with Crippen molar-refractivity contribution >= 4 is 5.91 Å². The minimum absolute atomic E-state index is 0.0167. The number of fused-ring (bicyclic) bond motifs is 2. The van der Waals surface area contributed by atoms with E-state index in [9.17, 15) is 9.90 Å². The second-order valence-corrected chi connectivity index (χ2v) is 7.40. The molecular formula is C20H25N3O2. The van der Waals surface area contributed by atoms with Crippen LogP contribution in [0.2, 0.25) is 0 Å². The standard InChI is InChI=1S/C20H25N3O2/c1-2-22-11-10-17(21-22)19(25)23-16-8-9-18(23)20(13-16,14-24)12-15-6-4-3-5-7-15/h3-7,10-11,16,18,24H,2,8-9,12-14H2,1H3/t16-,18+,20-/m1/s1. The first-order chi connectivity index (χ1) is 12.2. The molecule has 3 heterocycles. The maximum Gasteiger partial charge on any atom is 0.274 e. The van der Waals surface area contributed by atoms with Crippen LogP contribution in [0, 0.1) is 5.41 Å². The normalized spacial score (nSPS) is 27.8. The third-order valence-electron chi connectivity index (χ3n) is 5.98. The molecule has 132 valence electrons. The van der Waals surface area contributed by atoms with E-state index in [1.807, 2.05) is 36.2 Å². The second-order valence-electron chi connectivity index (χ2n) is 7.40. The summed E-state index contributed by atoms with van der Waals surface area (Å²) in [7, 11) is 0. The monoisotopic (exact) mass is 339 g/mol. The van der Waals surface area contributed by atoms with E-state index >= 15 is 0 Å². The van der Waals surface area contributed by atoms with Crippen molar-refractivity contribution in [2.75, 3.05) is 6.61 Å². The summed E-state index contributed by atoms with van der Waals surface area (Å²) in [5, 5.41) is 14.6. The van der Waals surface area contributed by atoms with Crippen molar-refractivity contribution in [2.24, 2.45) is 5.41 Å².